The first kappa shape index (κ1) is 17.2. The lowest BCUT2D eigenvalue weighted by Gasteiger charge is -2.35. The molecule has 1 aromatic heterocycles. The molecule has 1 aliphatic rings. The summed E-state index contributed by atoms with van der Waals surface area (Å²) in [7, 11) is 0. The fraction of sp³-hybridized carbons (Fsp3) is 0.389. The van der Waals surface area contributed by atoms with E-state index in [4.69, 9.17) is 4.74 Å². The van der Waals surface area contributed by atoms with Crippen LogP contribution in [0.25, 0.3) is 0 Å². The van der Waals surface area contributed by atoms with Crippen molar-refractivity contribution in [1.29, 1.82) is 0 Å². The lowest BCUT2D eigenvalue weighted by atomic mass is 10.1. The Labute approximate surface area is 146 Å². The number of aromatic nitrogens is 2. The molecule has 0 aliphatic carbocycles. The Bertz CT molecular complexity index is 702. The van der Waals surface area contributed by atoms with Crippen LogP contribution in [-0.4, -0.2) is 51.6 Å². The van der Waals surface area contributed by atoms with Crippen LogP contribution in [-0.2, 0) is 27.4 Å². The minimum atomic E-state index is -0.619. The summed E-state index contributed by atoms with van der Waals surface area (Å²) in [6, 6.07) is 8.94. The Kier molecular flexibility index (Phi) is 5.45. The highest BCUT2D eigenvalue weighted by molar-refractivity contribution is 5.89. The van der Waals surface area contributed by atoms with Crippen LogP contribution in [0.1, 0.15) is 12.5 Å². The van der Waals surface area contributed by atoms with E-state index in [1.54, 1.807) is 17.4 Å². The van der Waals surface area contributed by atoms with Gasteiger partial charge in [0.25, 0.3) is 0 Å². The van der Waals surface area contributed by atoms with Crippen LogP contribution in [0.15, 0.2) is 49.1 Å². The van der Waals surface area contributed by atoms with E-state index in [0.29, 0.717) is 13.1 Å². The lowest BCUT2D eigenvalue weighted by Crippen LogP contribution is -2.57. The molecule has 0 radical (unpaired) electrons. The summed E-state index contributed by atoms with van der Waals surface area (Å²) >= 11 is 0. The maximum Gasteiger partial charge on any atom is 0.249 e. The van der Waals surface area contributed by atoms with Gasteiger partial charge in [0.05, 0.1) is 12.9 Å². The Morgan fingerprint density at radius 3 is 2.92 bits per heavy atom. The van der Waals surface area contributed by atoms with Crippen molar-refractivity contribution in [1.82, 2.24) is 19.8 Å². The van der Waals surface area contributed by atoms with Crippen molar-refractivity contribution in [2.24, 2.45) is 0 Å². The number of hydrogen-bond acceptors (Lipinski definition) is 4. The molecule has 0 unspecified atom stereocenters. The van der Waals surface area contributed by atoms with Gasteiger partial charge in [-0.2, -0.15) is 0 Å². The minimum absolute atomic E-state index is 0.0151. The van der Waals surface area contributed by atoms with Crippen molar-refractivity contribution in [2.45, 2.75) is 32.1 Å². The van der Waals surface area contributed by atoms with Crippen LogP contribution in [0.4, 0.5) is 0 Å². The minimum Gasteiger partial charge on any atom is -0.369 e. The zero-order valence-corrected chi connectivity index (χ0v) is 14.2. The van der Waals surface area contributed by atoms with Gasteiger partial charge in [0.1, 0.15) is 12.6 Å². The second-order valence-corrected chi connectivity index (χ2v) is 6.21. The number of imidazole rings is 1. The first-order valence-corrected chi connectivity index (χ1v) is 8.30. The van der Waals surface area contributed by atoms with Gasteiger partial charge in [-0.05, 0) is 12.5 Å². The number of carbonyl (C=O) groups is 2. The number of hydrogen-bond donors (Lipinski definition) is 1. The zero-order valence-electron chi connectivity index (χ0n) is 14.2. The highest BCUT2D eigenvalue weighted by atomic mass is 16.5. The number of carbonyl (C=O) groups excluding carboxylic acids is 2. The summed E-state index contributed by atoms with van der Waals surface area (Å²) in [5.41, 5.74) is 0.988. The third kappa shape index (κ3) is 4.45. The van der Waals surface area contributed by atoms with E-state index in [2.05, 4.69) is 10.3 Å². The number of amides is 2. The summed E-state index contributed by atoms with van der Waals surface area (Å²) in [6.07, 6.45) is 5.25. The van der Waals surface area contributed by atoms with Crippen molar-refractivity contribution in [3.63, 3.8) is 0 Å². The molecular formula is C18H22N4O3. The van der Waals surface area contributed by atoms with Gasteiger partial charge in [-0.15, -0.1) is 0 Å². The maximum absolute atomic E-state index is 12.7. The topological polar surface area (TPSA) is 76.5 Å². The van der Waals surface area contributed by atoms with E-state index in [9.17, 15) is 9.59 Å². The largest absolute Gasteiger partial charge is 0.369 e. The van der Waals surface area contributed by atoms with Crippen LogP contribution >= 0.6 is 0 Å². The number of rotatable bonds is 6. The first-order valence-electron chi connectivity index (χ1n) is 8.30. The molecule has 7 heteroatoms. The van der Waals surface area contributed by atoms with E-state index in [0.717, 1.165) is 5.56 Å². The van der Waals surface area contributed by atoms with E-state index >= 15 is 0 Å². The highest BCUT2D eigenvalue weighted by Crippen LogP contribution is 2.14. The molecular weight excluding hydrogens is 320 g/mol. The van der Waals surface area contributed by atoms with Crippen LogP contribution < -0.4 is 5.32 Å². The molecule has 132 valence electrons. The Morgan fingerprint density at radius 1 is 1.40 bits per heavy atom. The Hall–Kier alpha value is -2.67. The third-order valence-electron chi connectivity index (χ3n) is 4.13. The quantitative estimate of drug-likeness (QED) is 0.843. The van der Waals surface area contributed by atoms with Gasteiger partial charge >= 0.3 is 0 Å². The molecule has 1 aromatic carbocycles. The fourth-order valence-corrected chi connectivity index (χ4v) is 2.90. The number of nitrogens with one attached hydrogen (secondary N) is 1. The maximum atomic E-state index is 12.7. The molecule has 2 aromatic rings. The lowest BCUT2D eigenvalue weighted by molar-refractivity contribution is -0.155. The van der Waals surface area contributed by atoms with Crippen LogP contribution in [0.5, 0.6) is 0 Å². The Morgan fingerprint density at radius 2 is 2.20 bits per heavy atom. The fourth-order valence-electron chi connectivity index (χ4n) is 2.90. The summed E-state index contributed by atoms with van der Waals surface area (Å²) in [6.45, 7) is 3.16. The van der Waals surface area contributed by atoms with E-state index < -0.39 is 6.04 Å². The van der Waals surface area contributed by atoms with Gasteiger partial charge in [-0.1, -0.05) is 30.3 Å². The van der Waals surface area contributed by atoms with Gasteiger partial charge < -0.3 is 19.5 Å². The molecule has 0 spiro atoms. The predicted molar refractivity (Wildman–Crippen MR) is 91.4 cm³/mol. The standard InChI is InChI=1S/C18H22N4O3/c1-14(9-21-8-7-19-13-21)20-18(24)16-11-25-12-17(23)22(16)10-15-5-3-2-4-6-15/h2-8,13-14,16H,9-12H2,1H3,(H,20,24)/t14-,16-/m1/s1. The Balaban J connectivity index is 1.64. The molecule has 0 saturated carbocycles. The molecule has 2 amide bonds. The smallest absolute Gasteiger partial charge is 0.249 e. The predicted octanol–water partition coefficient (Wildman–Crippen LogP) is 0.815. The number of nitrogens with zero attached hydrogens (tertiary/aromatic N) is 3. The van der Waals surface area contributed by atoms with Crippen molar-refractivity contribution in [3.8, 4) is 0 Å². The second kappa shape index (κ2) is 7.94. The van der Waals surface area contributed by atoms with Crippen molar-refractivity contribution in [3.05, 3.63) is 54.6 Å². The monoisotopic (exact) mass is 342 g/mol. The molecule has 1 N–H and O–H groups in total. The zero-order chi connectivity index (χ0) is 17.6. The van der Waals surface area contributed by atoms with Gasteiger partial charge in [-0.3, -0.25) is 9.59 Å². The van der Waals surface area contributed by atoms with E-state index in [-0.39, 0.29) is 31.1 Å². The molecule has 1 aliphatic heterocycles. The van der Waals surface area contributed by atoms with Crippen molar-refractivity contribution >= 4 is 11.8 Å². The van der Waals surface area contributed by atoms with Gasteiger partial charge in [0, 0.05) is 31.5 Å². The molecule has 1 saturated heterocycles. The summed E-state index contributed by atoms with van der Waals surface area (Å²) in [4.78, 5) is 30.5. The normalized spacial score (nSPS) is 18.8. The number of morpholine rings is 1. The van der Waals surface area contributed by atoms with Gasteiger partial charge in [0.2, 0.25) is 11.8 Å². The summed E-state index contributed by atoms with van der Waals surface area (Å²) in [5, 5.41) is 2.96. The van der Waals surface area contributed by atoms with E-state index in [1.165, 1.54) is 0 Å². The molecule has 7 nitrogen and oxygen atoms in total. The van der Waals surface area contributed by atoms with Crippen molar-refractivity contribution < 1.29 is 14.3 Å². The third-order valence-corrected chi connectivity index (χ3v) is 4.13. The second-order valence-electron chi connectivity index (χ2n) is 6.21. The van der Waals surface area contributed by atoms with Crippen LogP contribution in [0, 0.1) is 0 Å². The van der Waals surface area contributed by atoms with Crippen LogP contribution in [0.3, 0.4) is 0 Å². The first-order chi connectivity index (χ1) is 12.1. The molecule has 2 atom stereocenters. The van der Waals surface area contributed by atoms with Gasteiger partial charge in [-0.25, -0.2) is 4.98 Å². The SMILES string of the molecule is C[C@H](Cn1ccnc1)NC(=O)[C@H]1COCC(=O)N1Cc1ccccc1. The van der Waals surface area contributed by atoms with E-state index in [1.807, 2.05) is 48.0 Å². The number of ether oxygens (including phenoxy) is 1. The molecule has 3 rings (SSSR count). The van der Waals surface area contributed by atoms with Crippen molar-refractivity contribution in [2.75, 3.05) is 13.2 Å². The summed E-state index contributed by atoms with van der Waals surface area (Å²) in [5.74, 6) is -0.367. The molecule has 1 fully saturated rings. The average molecular weight is 342 g/mol. The van der Waals surface area contributed by atoms with Crippen LogP contribution in [0.2, 0.25) is 0 Å². The summed E-state index contributed by atoms with van der Waals surface area (Å²) < 4.78 is 7.20. The highest BCUT2D eigenvalue weighted by Gasteiger charge is 2.34. The number of benzene rings is 1. The van der Waals surface area contributed by atoms with Gasteiger partial charge in [0.15, 0.2) is 0 Å². The molecule has 2 heterocycles. The molecule has 0 bridgehead atoms. The molecule has 25 heavy (non-hydrogen) atoms. The average Bonchev–Trinajstić information content (AvgIpc) is 3.10.